The fourth-order valence-electron chi connectivity index (χ4n) is 3.85. The largest absolute Gasteiger partial charge is 0.396 e. The summed E-state index contributed by atoms with van der Waals surface area (Å²) in [6.45, 7) is 0.151. The van der Waals surface area contributed by atoms with Crippen LogP contribution in [0.4, 0.5) is 17.3 Å². The van der Waals surface area contributed by atoms with Crippen molar-refractivity contribution in [2.24, 2.45) is 5.92 Å². The molecule has 1 saturated carbocycles. The minimum Gasteiger partial charge on any atom is -0.396 e. The maximum Gasteiger partial charge on any atom is 0.296 e. The SMILES string of the molecule is COS(=O)(=O)c1ccc(Nc2cc(N[C@@H]3CCCC[C@H]3CO)nc3c(Br)cnn23)cc1. The molecule has 1 aromatic carbocycles. The van der Waals surface area contributed by atoms with E-state index in [1.165, 1.54) is 12.1 Å². The summed E-state index contributed by atoms with van der Waals surface area (Å²) in [5.74, 6) is 1.55. The van der Waals surface area contributed by atoms with Gasteiger partial charge in [-0.2, -0.15) is 18.0 Å². The van der Waals surface area contributed by atoms with E-state index in [1.54, 1.807) is 22.8 Å². The van der Waals surface area contributed by atoms with E-state index in [1.807, 2.05) is 6.07 Å². The van der Waals surface area contributed by atoms with Crippen molar-refractivity contribution in [3.05, 3.63) is 41.0 Å². The third kappa shape index (κ3) is 4.69. The van der Waals surface area contributed by atoms with Gasteiger partial charge in [-0.15, -0.1) is 0 Å². The van der Waals surface area contributed by atoms with Crippen LogP contribution in [-0.2, 0) is 14.3 Å². The van der Waals surface area contributed by atoms with Gasteiger partial charge >= 0.3 is 0 Å². The number of nitrogens with one attached hydrogen (secondary N) is 2. The Kier molecular flexibility index (Phi) is 6.47. The Bertz CT molecular complexity index is 1170. The van der Waals surface area contributed by atoms with E-state index in [0.717, 1.165) is 37.3 Å². The molecule has 0 spiro atoms. The van der Waals surface area contributed by atoms with Crippen molar-refractivity contribution in [3.63, 3.8) is 0 Å². The number of aliphatic hydroxyl groups is 1. The van der Waals surface area contributed by atoms with Gasteiger partial charge in [-0.1, -0.05) is 12.8 Å². The van der Waals surface area contributed by atoms with Gasteiger partial charge in [0.1, 0.15) is 11.6 Å². The fraction of sp³-hybridized carbons (Fsp3) is 0.400. The lowest BCUT2D eigenvalue weighted by Gasteiger charge is -2.31. The molecule has 4 rings (SSSR count). The summed E-state index contributed by atoms with van der Waals surface area (Å²) < 4.78 is 30.6. The lowest BCUT2D eigenvalue weighted by molar-refractivity contribution is 0.178. The molecule has 2 atom stereocenters. The summed E-state index contributed by atoms with van der Waals surface area (Å²) in [6.07, 6.45) is 5.90. The molecule has 11 heteroatoms. The Morgan fingerprint density at radius 1 is 1.26 bits per heavy atom. The van der Waals surface area contributed by atoms with Crippen LogP contribution in [0, 0.1) is 5.92 Å². The predicted molar refractivity (Wildman–Crippen MR) is 121 cm³/mol. The van der Waals surface area contributed by atoms with Crippen LogP contribution in [0.25, 0.3) is 5.65 Å². The smallest absolute Gasteiger partial charge is 0.296 e. The Morgan fingerprint density at radius 2 is 2.00 bits per heavy atom. The molecule has 1 fully saturated rings. The molecule has 9 nitrogen and oxygen atoms in total. The standard InChI is InChI=1S/C20H24BrN5O4S/c1-30-31(28,29)15-8-6-14(7-9-15)23-19-10-18(25-20-16(21)11-22-26(19)20)24-17-5-3-2-4-13(17)12-27/h6-11,13,17,23,27H,2-5,12H2,1H3,(H,24,25)/t13-,17+/m0/s1. The molecule has 0 unspecified atom stereocenters. The minimum atomic E-state index is -3.74. The second-order valence-electron chi connectivity index (χ2n) is 7.50. The Labute approximate surface area is 189 Å². The van der Waals surface area contributed by atoms with E-state index in [4.69, 9.17) is 0 Å². The molecular formula is C20H24BrN5O4S. The number of benzene rings is 1. The summed E-state index contributed by atoms with van der Waals surface area (Å²) >= 11 is 3.49. The third-order valence-electron chi connectivity index (χ3n) is 5.54. The molecule has 1 aliphatic rings. The van der Waals surface area contributed by atoms with Gasteiger partial charge in [0.25, 0.3) is 10.1 Å². The average molecular weight is 510 g/mol. The topological polar surface area (TPSA) is 118 Å². The lowest BCUT2D eigenvalue weighted by Crippen LogP contribution is -2.34. The highest BCUT2D eigenvalue weighted by Gasteiger charge is 2.25. The number of hydrogen-bond acceptors (Lipinski definition) is 8. The second-order valence-corrected chi connectivity index (χ2v) is 10.1. The van der Waals surface area contributed by atoms with Crippen molar-refractivity contribution in [3.8, 4) is 0 Å². The molecule has 0 saturated heterocycles. The highest BCUT2D eigenvalue weighted by Crippen LogP contribution is 2.30. The molecule has 3 aromatic rings. The van der Waals surface area contributed by atoms with Crippen molar-refractivity contribution < 1.29 is 17.7 Å². The molecule has 3 N–H and O–H groups in total. The van der Waals surface area contributed by atoms with E-state index in [2.05, 4.69) is 40.8 Å². The number of aliphatic hydroxyl groups excluding tert-OH is 1. The van der Waals surface area contributed by atoms with Crippen LogP contribution in [0.2, 0.25) is 0 Å². The van der Waals surface area contributed by atoms with Crippen LogP contribution in [-0.4, -0.2) is 47.9 Å². The van der Waals surface area contributed by atoms with Gasteiger partial charge in [-0.05, 0) is 53.0 Å². The summed E-state index contributed by atoms with van der Waals surface area (Å²) in [4.78, 5) is 4.76. The monoisotopic (exact) mass is 509 g/mol. The quantitative estimate of drug-likeness (QED) is 0.414. The Morgan fingerprint density at radius 3 is 2.71 bits per heavy atom. The van der Waals surface area contributed by atoms with Crippen LogP contribution in [0.5, 0.6) is 0 Å². The number of aromatic nitrogens is 3. The van der Waals surface area contributed by atoms with Crippen molar-refractivity contribution >= 4 is 49.0 Å². The molecule has 166 valence electrons. The van der Waals surface area contributed by atoms with Crippen LogP contribution >= 0.6 is 15.9 Å². The number of hydrogen-bond donors (Lipinski definition) is 3. The first-order valence-electron chi connectivity index (χ1n) is 10.0. The fourth-order valence-corrected chi connectivity index (χ4v) is 4.86. The zero-order valence-electron chi connectivity index (χ0n) is 17.0. The number of anilines is 3. The van der Waals surface area contributed by atoms with Crippen molar-refractivity contribution in [1.29, 1.82) is 0 Å². The Hall–Kier alpha value is -2.21. The van der Waals surface area contributed by atoms with Crippen LogP contribution in [0.15, 0.2) is 45.9 Å². The maximum absolute atomic E-state index is 11.8. The molecule has 1 aliphatic carbocycles. The molecule has 0 amide bonds. The van der Waals surface area contributed by atoms with Gasteiger partial charge in [0.15, 0.2) is 5.65 Å². The minimum absolute atomic E-state index is 0.0805. The highest BCUT2D eigenvalue weighted by molar-refractivity contribution is 9.10. The van der Waals surface area contributed by atoms with Gasteiger partial charge in [-0.3, -0.25) is 4.18 Å². The molecule has 0 aliphatic heterocycles. The molecule has 0 bridgehead atoms. The van der Waals surface area contributed by atoms with Crippen molar-refractivity contribution in [2.45, 2.75) is 36.6 Å². The summed E-state index contributed by atoms with van der Waals surface area (Å²) in [5, 5.41) is 20.8. The van der Waals surface area contributed by atoms with E-state index >= 15 is 0 Å². The average Bonchev–Trinajstić information content (AvgIpc) is 3.15. The lowest BCUT2D eigenvalue weighted by atomic mass is 9.85. The second kappa shape index (κ2) is 9.11. The molecular weight excluding hydrogens is 486 g/mol. The normalized spacial score (nSPS) is 19.5. The maximum atomic E-state index is 11.8. The van der Waals surface area contributed by atoms with Gasteiger partial charge in [0.05, 0.1) is 22.7 Å². The number of fused-ring (bicyclic) bond motifs is 1. The first kappa shape index (κ1) is 22.0. The number of rotatable bonds is 7. The van der Waals surface area contributed by atoms with E-state index < -0.39 is 10.1 Å². The zero-order valence-corrected chi connectivity index (χ0v) is 19.4. The first-order chi connectivity index (χ1) is 14.9. The molecule has 31 heavy (non-hydrogen) atoms. The molecule has 2 aromatic heterocycles. The zero-order chi connectivity index (χ0) is 22.0. The summed E-state index contributed by atoms with van der Waals surface area (Å²) in [6, 6.07) is 8.29. The van der Waals surface area contributed by atoms with E-state index in [-0.39, 0.29) is 23.5 Å². The van der Waals surface area contributed by atoms with Gasteiger partial charge in [-0.25, -0.2) is 4.98 Å². The van der Waals surface area contributed by atoms with Crippen LogP contribution in [0.1, 0.15) is 25.7 Å². The van der Waals surface area contributed by atoms with Crippen molar-refractivity contribution in [2.75, 3.05) is 24.4 Å². The summed E-state index contributed by atoms with van der Waals surface area (Å²) in [7, 11) is -2.61. The predicted octanol–water partition coefficient (Wildman–Crippen LogP) is 3.53. The molecule has 2 heterocycles. The van der Waals surface area contributed by atoms with Crippen molar-refractivity contribution in [1.82, 2.24) is 14.6 Å². The van der Waals surface area contributed by atoms with Gasteiger partial charge in [0.2, 0.25) is 0 Å². The Balaban J connectivity index is 1.64. The first-order valence-corrected chi connectivity index (χ1v) is 12.2. The van der Waals surface area contributed by atoms with E-state index in [9.17, 15) is 13.5 Å². The highest BCUT2D eigenvalue weighted by atomic mass is 79.9. The molecule has 0 radical (unpaired) electrons. The third-order valence-corrected chi connectivity index (χ3v) is 7.39. The van der Waals surface area contributed by atoms with Crippen LogP contribution < -0.4 is 10.6 Å². The van der Waals surface area contributed by atoms with Gasteiger partial charge < -0.3 is 15.7 Å². The van der Waals surface area contributed by atoms with E-state index in [0.29, 0.717) is 23.0 Å². The van der Waals surface area contributed by atoms with Gasteiger partial charge in [0, 0.05) is 30.3 Å². The number of nitrogens with zero attached hydrogens (tertiary/aromatic N) is 3. The number of halogens is 1. The van der Waals surface area contributed by atoms with Crippen LogP contribution in [0.3, 0.4) is 0 Å². The summed E-state index contributed by atoms with van der Waals surface area (Å²) in [5.41, 5.74) is 1.33.